The van der Waals surface area contributed by atoms with E-state index in [-0.39, 0.29) is 16.9 Å². The van der Waals surface area contributed by atoms with Gasteiger partial charge in [0.1, 0.15) is 5.56 Å². The number of rotatable bonds is 5. The van der Waals surface area contributed by atoms with Gasteiger partial charge in [-0.25, -0.2) is 0 Å². The van der Waals surface area contributed by atoms with Crippen LogP contribution in [0.3, 0.4) is 0 Å². The molecule has 0 atom stereocenters. The first-order valence-corrected chi connectivity index (χ1v) is 10.8. The summed E-state index contributed by atoms with van der Waals surface area (Å²) in [6.45, 7) is 3.38. The van der Waals surface area contributed by atoms with Crippen molar-refractivity contribution in [2.45, 2.75) is 32.4 Å². The van der Waals surface area contributed by atoms with Crippen LogP contribution in [0.5, 0.6) is 0 Å². The molecule has 2 heterocycles. The fraction of sp³-hybridized carbons (Fsp3) is 0.333. The van der Waals surface area contributed by atoms with Crippen LogP contribution in [-0.4, -0.2) is 28.5 Å². The second kappa shape index (κ2) is 9.02. The summed E-state index contributed by atoms with van der Waals surface area (Å²) in [5.74, 6) is -0.367. The van der Waals surface area contributed by atoms with E-state index in [1.54, 1.807) is 18.3 Å². The summed E-state index contributed by atoms with van der Waals surface area (Å²) in [5.41, 5.74) is 2.80. The average molecular weight is 424 g/mol. The van der Waals surface area contributed by atoms with E-state index in [0.29, 0.717) is 17.0 Å². The Balaban J connectivity index is 1.58. The molecule has 1 fully saturated rings. The van der Waals surface area contributed by atoms with Crippen LogP contribution < -0.4 is 10.7 Å². The van der Waals surface area contributed by atoms with Gasteiger partial charge in [-0.1, -0.05) is 36.2 Å². The van der Waals surface area contributed by atoms with E-state index in [1.807, 2.05) is 35.9 Å². The maximum absolute atomic E-state index is 13.1. The number of hydrogen-bond donors (Lipinski definition) is 1. The first kappa shape index (κ1) is 20.6. The number of nitrogens with one attached hydrogen (secondary N) is 1. The highest BCUT2D eigenvalue weighted by atomic mass is 35.5. The van der Waals surface area contributed by atoms with Gasteiger partial charge in [0.15, 0.2) is 0 Å². The number of hydrogen-bond acceptors (Lipinski definition) is 3. The first-order chi connectivity index (χ1) is 14.5. The third kappa shape index (κ3) is 4.58. The van der Waals surface area contributed by atoms with Crippen molar-refractivity contribution < 1.29 is 4.79 Å². The van der Waals surface area contributed by atoms with Crippen LogP contribution in [0.1, 0.15) is 40.7 Å². The Labute approximate surface area is 181 Å². The maximum Gasteiger partial charge on any atom is 0.257 e. The van der Waals surface area contributed by atoms with E-state index < -0.39 is 0 Å². The fourth-order valence-electron chi connectivity index (χ4n) is 4.06. The maximum atomic E-state index is 13.1. The minimum Gasteiger partial charge on any atom is -0.350 e. The van der Waals surface area contributed by atoms with Crippen molar-refractivity contribution in [1.29, 1.82) is 0 Å². The first-order valence-electron chi connectivity index (χ1n) is 10.4. The molecule has 1 saturated heterocycles. The highest BCUT2D eigenvalue weighted by Crippen LogP contribution is 2.18. The number of fused-ring (bicyclic) bond motifs is 1. The second-order valence-electron chi connectivity index (χ2n) is 7.98. The summed E-state index contributed by atoms with van der Waals surface area (Å²) >= 11 is 5.90. The van der Waals surface area contributed by atoms with Gasteiger partial charge in [-0.3, -0.25) is 14.5 Å². The minimum atomic E-state index is -0.367. The van der Waals surface area contributed by atoms with Crippen LogP contribution in [0.4, 0.5) is 0 Å². The summed E-state index contributed by atoms with van der Waals surface area (Å²) in [5, 5.41) is 4.08. The van der Waals surface area contributed by atoms with Crippen molar-refractivity contribution in [2.24, 2.45) is 7.05 Å². The van der Waals surface area contributed by atoms with Crippen molar-refractivity contribution in [1.82, 2.24) is 14.8 Å². The molecule has 30 heavy (non-hydrogen) atoms. The number of piperidine rings is 1. The lowest BCUT2D eigenvalue weighted by Crippen LogP contribution is -2.30. The molecule has 3 aromatic rings. The number of aryl methyl sites for hydroxylation is 1. The highest BCUT2D eigenvalue weighted by Gasteiger charge is 2.16. The zero-order valence-corrected chi connectivity index (χ0v) is 17.9. The van der Waals surface area contributed by atoms with Gasteiger partial charge < -0.3 is 9.88 Å². The van der Waals surface area contributed by atoms with Crippen molar-refractivity contribution in [3.8, 4) is 0 Å². The molecule has 0 spiro atoms. The molecule has 0 bridgehead atoms. The number of likely N-dealkylation sites (tertiary alicyclic amines) is 1. The molecule has 0 saturated carbocycles. The van der Waals surface area contributed by atoms with E-state index in [4.69, 9.17) is 11.6 Å². The number of benzene rings is 2. The van der Waals surface area contributed by atoms with Crippen LogP contribution >= 0.6 is 11.6 Å². The molecule has 2 aromatic carbocycles. The molecular weight excluding hydrogens is 398 g/mol. The van der Waals surface area contributed by atoms with Gasteiger partial charge in [0.25, 0.3) is 5.91 Å². The molecular formula is C24H26ClN3O2. The number of nitrogens with zero attached hydrogens (tertiary/aromatic N) is 2. The lowest BCUT2D eigenvalue weighted by Gasteiger charge is -2.26. The van der Waals surface area contributed by atoms with Gasteiger partial charge >= 0.3 is 0 Å². The molecule has 0 aliphatic carbocycles. The highest BCUT2D eigenvalue weighted by molar-refractivity contribution is 6.30. The minimum absolute atomic E-state index is 0.161. The molecule has 1 aliphatic rings. The van der Waals surface area contributed by atoms with Crippen molar-refractivity contribution in [3.05, 3.63) is 80.6 Å². The number of aromatic nitrogens is 1. The molecule has 5 nitrogen and oxygen atoms in total. The van der Waals surface area contributed by atoms with Crippen molar-refractivity contribution in [3.63, 3.8) is 0 Å². The summed E-state index contributed by atoms with van der Waals surface area (Å²) in [7, 11) is 1.86. The summed E-state index contributed by atoms with van der Waals surface area (Å²) in [4.78, 5) is 28.3. The third-order valence-electron chi connectivity index (χ3n) is 5.72. The number of amides is 1. The smallest absolute Gasteiger partial charge is 0.257 e. The zero-order chi connectivity index (χ0) is 21.1. The second-order valence-corrected chi connectivity index (χ2v) is 8.42. The third-order valence-corrected chi connectivity index (χ3v) is 5.97. The molecule has 6 heteroatoms. The Morgan fingerprint density at radius 1 is 1.03 bits per heavy atom. The molecule has 0 unspecified atom stereocenters. The number of carbonyl (C=O) groups excluding carboxylic acids is 1. The zero-order valence-electron chi connectivity index (χ0n) is 17.2. The predicted molar refractivity (Wildman–Crippen MR) is 121 cm³/mol. The van der Waals surface area contributed by atoms with Gasteiger partial charge in [0.2, 0.25) is 5.43 Å². The van der Waals surface area contributed by atoms with Gasteiger partial charge in [0.05, 0.1) is 5.52 Å². The molecule has 156 valence electrons. The summed E-state index contributed by atoms with van der Waals surface area (Å²) in [6, 6.07) is 13.3. The fourth-order valence-corrected chi connectivity index (χ4v) is 4.18. The van der Waals surface area contributed by atoms with Gasteiger partial charge in [0, 0.05) is 36.7 Å². The Hall–Kier alpha value is -2.63. The number of pyridine rings is 1. The molecule has 0 radical (unpaired) electrons. The van der Waals surface area contributed by atoms with Gasteiger partial charge in [-0.2, -0.15) is 0 Å². The monoisotopic (exact) mass is 423 g/mol. The number of halogens is 1. The lowest BCUT2D eigenvalue weighted by atomic mass is 10.1. The lowest BCUT2D eigenvalue weighted by molar-refractivity contribution is 0.0949. The van der Waals surface area contributed by atoms with Crippen LogP contribution in [0.2, 0.25) is 5.02 Å². The molecule has 4 rings (SSSR count). The summed E-state index contributed by atoms with van der Waals surface area (Å²) in [6.07, 6.45) is 5.37. The SMILES string of the molecule is Cn1cc(C(=O)NCc2ccc(Cl)cc2)c(=O)c2cc(CN3CCCCC3)ccc21. The van der Waals surface area contributed by atoms with E-state index in [2.05, 4.69) is 16.3 Å². The average Bonchev–Trinajstić information content (AvgIpc) is 2.76. The quantitative estimate of drug-likeness (QED) is 0.672. The van der Waals surface area contributed by atoms with Gasteiger partial charge in [-0.15, -0.1) is 0 Å². The van der Waals surface area contributed by atoms with Crippen molar-refractivity contribution in [2.75, 3.05) is 13.1 Å². The van der Waals surface area contributed by atoms with Crippen molar-refractivity contribution >= 4 is 28.4 Å². The standard InChI is InChI=1S/C24H26ClN3O2/c1-27-16-21(24(30)26-14-17-5-8-19(25)9-6-17)23(29)20-13-18(7-10-22(20)27)15-28-11-3-2-4-12-28/h5-10,13,16H,2-4,11-12,14-15H2,1H3,(H,26,30). The molecule has 1 aliphatic heterocycles. The number of carbonyl (C=O) groups is 1. The van der Waals surface area contributed by atoms with Crippen LogP contribution in [0, 0.1) is 0 Å². The Morgan fingerprint density at radius 2 is 1.73 bits per heavy atom. The predicted octanol–water partition coefficient (Wildman–Crippen LogP) is 4.11. The Bertz CT molecular complexity index is 1120. The Morgan fingerprint density at radius 3 is 2.47 bits per heavy atom. The largest absolute Gasteiger partial charge is 0.350 e. The van der Waals surface area contributed by atoms with Gasteiger partial charge in [-0.05, 0) is 61.3 Å². The van der Waals surface area contributed by atoms with E-state index >= 15 is 0 Å². The molecule has 1 aromatic heterocycles. The van der Waals surface area contributed by atoms with Crippen LogP contribution in [0.15, 0.2) is 53.5 Å². The van der Waals surface area contributed by atoms with E-state index in [1.165, 1.54) is 19.3 Å². The van der Waals surface area contributed by atoms with Crippen LogP contribution in [0.25, 0.3) is 10.9 Å². The van der Waals surface area contributed by atoms with E-state index in [9.17, 15) is 9.59 Å². The van der Waals surface area contributed by atoms with E-state index in [0.717, 1.165) is 36.3 Å². The topological polar surface area (TPSA) is 54.3 Å². The summed E-state index contributed by atoms with van der Waals surface area (Å²) < 4.78 is 1.85. The molecule has 1 amide bonds. The normalized spacial score (nSPS) is 14.7. The Kier molecular flexibility index (Phi) is 6.21. The van der Waals surface area contributed by atoms with Crippen LogP contribution in [-0.2, 0) is 20.1 Å². The molecule has 1 N–H and O–H groups in total.